The van der Waals surface area contributed by atoms with Crippen LogP contribution in [0.2, 0.25) is 0 Å². The molecule has 0 unspecified atom stereocenters. The van der Waals surface area contributed by atoms with Gasteiger partial charge in [-0.05, 0) is 138 Å². The van der Waals surface area contributed by atoms with Gasteiger partial charge in [0, 0.05) is 27.7 Å². The highest BCUT2D eigenvalue weighted by molar-refractivity contribution is 6.06. The van der Waals surface area contributed by atoms with Crippen molar-refractivity contribution >= 4 is 39.0 Å². The summed E-state index contributed by atoms with van der Waals surface area (Å²) in [6.07, 6.45) is 0. The number of hydrogen-bond donors (Lipinski definition) is 0. The van der Waals surface area contributed by atoms with Crippen LogP contribution in [0.15, 0.2) is 302 Å². The van der Waals surface area contributed by atoms with Crippen molar-refractivity contribution in [2.24, 2.45) is 0 Å². The Morgan fingerprint density at radius 2 is 0.684 bits per heavy atom. The third kappa shape index (κ3) is 6.47. The van der Waals surface area contributed by atoms with Gasteiger partial charge in [-0.3, -0.25) is 0 Å². The molecule has 0 fully saturated rings. The van der Waals surface area contributed by atoms with Crippen LogP contribution in [0.5, 0.6) is 0 Å². The third-order valence-corrected chi connectivity index (χ3v) is 16.5. The molecule has 1 heterocycles. The molecule has 0 spiro atoms. The van der Waals surface area contributed by atoms with Gasteiger partial charge in [-0.2, -0.15) is 0 Å². The van der Waals surface area contributed by atoms with Gasteiger partial charge in [0.1, 0.15) is 11.2 Å². The largest absolute Gasteiger partial charge is 0.456 e. The summed E-state index contributed by atoms with van der Waals surface area (Å²) in [7, 11) is 0. The van der Waals surface area contributed by atoms with Crippen molar-refractivity contribution in [3.63, 3.8) is 0 Å². The molecular weight excluding hydrogens is 919 g/mol. The molecule has 0 amide bonds. The molecule has 2 nitrogen and oxygen atoms in total. The van der Waals surface area contributed by atoms with E-state index in [9.17, 15) is 0 Å². The van der Waals surface area contributed by atoms with Crippen molar-refractivity contribution in [1.29, 1.82) is 0 Å². The molecule has 0 bridgehead atoms. The number of benzene rings is 12. The predicted molar refractivity (Wildman–Crippen MR) is 314 cm³/mol. The van der Waals surface area contributed by atoms with Gasteiger partial charge in [-0.1, -0.05) is 243 Å². The normalized spacial score (nSPS) is 13.5. The Labute approximate surface area is 443 Å². The number of para-hydroxylation sites is 1. The Balaban J connectivity index is 0.906. The van der Waals surface area contributed by atoms with Gasteiger partial charge in [0.15, 0.2) is 0 Å². The lowest BCUT2D eigenvalue weighted by Gasteiger charge is -2.34. The summed E-state index contributed by atoms with van der Waals surface area (Å²) in [5, 5.41) is 2.25. The third-order valence-electron chi connectivity index (χ3n) is 16.5. The molecule has 12 aromatic carbocycles. The maximum absolute atomic E-state index is 6.23. The number of fused-ring (bicyclic) bond motifs is 9. The van der Waals surface area contributed by atoms with Gasteiger partial charge in [0.2, 0.25) is 0 Å². The minimum Gasteiger partial charge on any atom is -0.456 e. The SMILES string of the molecule is c1ccc(C2(c3ccccc3)c3ccccc3-c3ccc(-c4ccc(N(c5ccc(-c6ccc7oc8ccccc8c7c6)cc5)c5cccc6c5-c5ccccc5C6(c5ccccc5)c5ccccc5)cc4)cc32)cc1. The average Bonchev–Trinajstić information content (AvgIpc) is 4.31. The lowest BCUT2D eigenvalue weighted by atomic mass is 9.67. The monoisotopic (exact) mass is 967 g/mol. The Hall–Kier alpha value is -9.76. The van der Waals surface area contributed by atoms with Crippen LogP contribution in [-0.4, -0.2) is 0 Å². The highest BCUT2D eigenvalue weighted by Crippen LogP contribution is 2.60. The van der Waals surface area contributed by atoms with Crippen LogP contribution in [0.3, 0.4) is 0 Å². The molecule has 15 rings (SSSR count). The van der Waals surface area contributed by atoms with E-state index in [2.05, 4.69) is 290 Å². The second-order valence-corrected chi connectivity index (χ2v) is 20.3. The van der Waals surface area contributed by atoms with E-state index in [-0.39, 0.29) is 0 Å². The molecule has 0 aliphatic heterocycles. The summed E-state index contributed by atoms with van der Waals surface area (Å²) in [5.41, 5.74) is 23.9. The first-order valence-corrected chi connectivity index (χ1v) is 26.3. The van der Waals surface area contributed by atoms with Crippen LogP contribution >= 0.6 is 0 Å². The molecule has 76 heavy (non-hydrogen) atoms. The zero-order valence-electron chi connectivity index (χ0n) is 41.6. The molecular formula is C74H49NO. The van der Waals surface area contributed by atoms with Crippen molar-refractivity contribution in [1.82, 2.24) is 0 Å². The first-order chi connectivity index (χ1) is 37.7. The number of hydrogen-bond acceptors (Lipinski definition) is 2. The highest BCUT2D eigenvalue weighted by Gasteiger charge is 2.48. The van der Waals surface area contributed by atoms with E-state index in [1.807, 2.05) is 12.1 Å². The maximum Gasteiger partial charge on any atom is 0.135 e. The van der Waals surface area contributed by atoms with Gasteiger partial charge in [-0.15, -0.1) is 0 Å². The zero-order valence-corrected chi connectivity index (χ0v) is 41.6. The second kappa shape index (κ2) is 17.4. The fraction of sp³-hybridized carbons (Fsp3) is 0.0270. The Morgan fingerprint density at radius 1 is 0.263 bits per heavy atom. The fourth-order valence-corrected chi connectivity index (χ4v) is 13.2. The van der Waals surface area contributed by atoms with Gasteiger partial charge < -0.3 is 9.32 Å². The molecule has 0 N–H and O–H groups in total. The van der Waals surface area contributed by atoms with Crippen LogP contribution < -0.4 is 4.90 Å². The smallest absolute Gasteiger partial charge is 0.135 e. The molecule has 13 aromatic rings. The Morgan fingerprint density at radius 3 is 1.28 bits per heavy atom. The van der Waals surface area contributed by atoms with Crippen molar-refractivity contribution in [2.45, 2.75) is 10.8 Å². The molecule has 356 valence electrons. The van der Waals surface area contributed by atoms with E-state index >= 15 is 0 Å². The van der Waals surface area contributed by atoms with E-state index in [0.717, 1.165) is 55.7 Å². The van der Waals surface area contributed by atoms with Gasteiger partial charge >= 0.3 is 0 Å². The minimum absolute atomic E-state index is 0.482. The lowest BCUT2D eigenvalue weighted by molar-refractivity contribution is 0.669. The maximum atomic E-state index is 6.23. The minimum atomic E-state index is -0.540. The lowest BCUT2D eigenvalue weighted by Crippen LogP contribution is -2.28. The molecule has 2 aliphatic rings. The van der Waals surface area contributed by atoms with E-state index < -0.39 is 10.8 Å². The number of furan rings is 1. The summed E-state index contributed by atoms with van der Waals surface area (Å²) < 4.78 is 6.23. The average molecular weight is 968 g/mol. The van der Waals surface area contributed by atoms with Crippen molar-refractivity contribution in [2.75, 3.05) is 4.90 Å². The van der Waals surface area contributed by atoms with Crippen molar-refractivity contribution in [3.8, 4) is 44.5 Å². The van der Waals surface area contributed by atoms with E-state index in [4.69, 9.17) is 4.42 Å². The summed E-state index contributed by atoms with van der Waals surface area (Å²) in [4.78, 5) is 2.47. The first-order valence-electron chi connectivity index (χ1n) is 26.3. The quantitative estimate of drug-likeness (QED) is 0.143. The van der Waals surface area contributed by atoms with E-state index in [1.165, 1.54) is 72.3 Å². The predicted octanol–water partition coefficient (Wildman–Crippen LogP) is 19.1. The molecule has 0 saturated heterocycles. The zero-order chi connectivity index (χ0) is 50.2. The Kier molecular flexibility index (Phi) is 10.0. The summed E-state index contributed by atoms with van der Waals surface area (Å²) >= 11 is 0. The van der Waals surface area contributed by atoms with Crippen LogP contribution in [0.25, 0.3) is 66.4 Å². The summed E-state index contributed by atoms with van der Waals surface area (Å²) in [5.74, 6) is 0. The standard InChI is InChI=1S/C74H49NO/c1-5-20-54(21-6-1)73(55-22-7-2-8-23-55)66-32-17-14-30-63(66)72-67(73)33-19-34-69(72)75(58-42-36-50(37-43-58)52-41-47-71-64(48-52)62-29-15-18-35-70(62)76-71)59-44-38-51(39-45-59)53-40-46-61-60-28-13-16-31-65(60)74(68(61)49-53,56-24-9-3-10-25-56)57-26-11-4-12-27-57/h1-49H. The van der Waals surface area contributed by atoms with Gasteiger partial charge in [-0.25, -0.2) is 0 Å². The van der Waals surface area contributed by atoms with E-state index in [0.29, 0.717) is 0 Å². The summed E-state index contributed by atoms with van der Waals surface area (Å²) in [6.45, 7) is 0. The molecule has 0 atom stereocenters. The Bertz CT molecular complexity index is 4230. The highest BCUT2D eigenvalue weighted by atomic mass is 16.3. The van der Waals surface area contributed by atoms with Crippen LogP contribution in [0.4, 0.5) is 17.1 Å². The molecule has 1 aromatic heterocycles. The first kappa shape index (κ1) is 43.8. The molecule has 0 radical (unpaired) electrons. The molecule has 0 saturated carbocycles. The van der Waals surface area contributed by atoms with Crippen molar-refractivity contribution < 1.29 is 4.42 Å². The van der Waals surface area contributed by atoms with Crippen LogP contribution in [-0.2, 0) is 10.8 Å². The second-order valence-electron chi connectivity index (χ2n) is 20.3. The fourth-order valence-electron chi connectivity index (χ4n) is 13.2. The van der Waals surface area contributed by atoms with E-state index in [1.54, 1.807) is 0 Å². The van der Waals surface area contributed by atoms with Crippen LogP contribution in [0, 0.1) is 0 Å². The molecule has 2 aliphatic carbocycles. The van der Waals surface area contributed by atoms with Crippen LogP contribution in [0.1, 0.15) is 44.5 Å². The number of anilines is 3. The number of rotatable bonds is 9. The topological polar surface area (TPSA) is 16.4 Å². The summed E-state index contributed by atoms with van der Waals surface area (Å²) in [6, 6.07) is 110. The van der Waals surface area contributed by atoms with Gasteiger partial charge in [0.05, 0.1) is 16.5 Å². The molecule has 2 heteroatoms. The van der Waals surface area contributed by atoms with Crippen molar-refractivity contribution in [3.05, 3.63) is 342 Å². The number of nitrogens with zero attached hydrogens (tertiary/aromatic N) is 1. The van der Waals surface area contributed by atoms with Gasteiger partial charge in [0.25, 0.3) is 0 Å².